The zero-order chi connectivity index (χ0) is 26.0. The van der Waals surface area contributed by atoms with E-state index in [0.717, 1.165) is 0 Å². The van der Waals surface area contributed by atoms with Crippen LogP contribution in [0.5, 0.6) is 0 Å². The summed E-state index contributed by atoms with van der Waals surface area (Å²) in [5, 5.41) is -1.19. The van der Waals surface area contributed by atoms with Gasteiger partial charge in [0.25, 0.3) is 0 Å². The summed E-state index contributed by atoms with van der Waals surface area (Å²) in [6.45, 7) is 0. The van der Waals surface area contributed by atoms with Crippen LogP contribution < -0.4 is 13.1 Å². The molecule has 0 heterocycles. The number of rotatable bonds is 3. The van der Waals surface area contributed by atoms with Crippen molar-refractivity contribution in [2.75, 3.05) is 0 Å². The van der Waals surface area contributed by atoms with Crippen LogP contribution >= 0.6 is 174 Å². The van der Waals surface area contributed by atoms with E-state index < -0.39 is 14.7 Å². The zero-order valence-corrected chi connectivity index (χ0v) is 28.3. The molecule has 0 N–H and O–H groups in total. The van der Waals surface area contributed by atoms with Crippen molar-refractivity contribution in [3.8, 4) is 0 Å². The van der Waals surface area contributed by atoms with Gasteiger partial charge in [0.05, 0.1) is 0 Å². The van der Waals surface area contributed by atoms with E-state index >= 15 is 0 Å². The van der Waals surface area contributed by atoms with Crippen molar-refractivity contribution in [3.05, 3.63) is 75.3 Å². The van der Waals surface area contributed by atoms with Gasteiger partial charge in [0, 0.05) is 0 Å². The van der Waals surface area contributed by atoms with Gasteiger partial charge in [-0.15, -0.1) is 0 Å². The summed E-state index contributed by atoms with van der Waals surface area (Å²) in [6, 6.07) is 0. The molecule has 0 aliphatic carbocycles. The quantitative estimate of drug-likeness (QED) is 0.140. The molecule has 16 heteroatoms. The van der Waals surface area contributed by atoms with E-state index in [1.54, 1.807) is 0 Å². The Morgan fingerprint density at radius 2 is 0.324 bits per heavy atom. The second-order valence-corrected chi connectivity index (χ2v) is 16.0. The first-order chi connectivity index (χ1) is 15.7. The Balaban J connectivity index is 2.68. The average molecular weight is 823 g/mol. The van der Waals surface area contributed by atoms with Crippen LogP contribution in [0.15, 0.2) is 0 Å². The summed E-state index contributed by atoms with van der Waals surface area (Å²) in [4.78, 5) is 0. The molecule has 0 nitrogen and oxygen atoms in total. The molecule has 0 saturated heterocycles. The molecule has 0 amide bonds. The maximum absolute atomic E-state index is 6.62. The standard InChI is InChI=1S/C18AsCl15/c20-4-1(5(21)11(27)16(32)10(4)26)19(2-6(22)12(28)17(33)13(29)7(2)23)3-8(24)14(30)18(34)15(31)9(3)25. The molecule has 3 aromatic rings. The monoisotopic (exact) mass is 815 g/mol. The van der Waals surface area contributed by atoms with Crippen LogP contribution in [0.2, 0.25) is 75.3 Å². The molecule has 0 saturated carbocycles. The molecule has 0 aliphatic heterocycles. The van der Waals surface area contributed by atoms with E-state index in [4.69, 9.17) is 174 Å². The molecular formula is C18AsCl15. The zero-order valence-electron chi connectivity index (χ0n) is 15.1. The Morgan fingerprint density at radius 3 is 0.471 bits per heavy atom. The van der Waals surface area contributed by atoms with Gasteiger partial charge in [-0.25, -0.2) is 0 Å². The third-order valence-corrected chi connectivity index (χ3v) is 18.4. The van der Waals surface area contributed by atoms with Crippen molar-refractivity contribution in [1.29, 1.82) is 0 Å². The van der Waals surface area contributed by atoms with Crippen molar-refractivity contribution < 1.29 is 0 Å². The molecule has 182 valence electrons. The van der Waals surface area contributed by atoms with Gasteiger partial charge >= 0.3 is 277 Å². The summed E-state index contributed by atoms with van der Waals surface area (Å²) in [5.41, 5.74) is 0. The van der Waals surface area contributed by atoms with Crippen molar-refractivity contribution in [3.63, 3.8) is 0 Å². The van der Waals surface area contributed by atoms with E-state index in [9.17, 15) is 0 Å². The van der Waals surface area contributed by atoms with Crippen molar-refractivity contribution in [2.45, 2.75) is 0 Å². The van der Waals surface area contributed by atoms with Crippen LogP contribution in [0.25, 0.3) is 0 Å². The minimum absolute atomic E-state index is 0.0651. The minimum atomic E-state index is -3.35. The maximum atomic E-state index is 6.62. The van der Waals surface area contributed by atoms with Crippen LogP contribution in [-0.4, -0.2) is 14.7 Å². The first-order valence-corrected chi connectivity index (χ1v) is 16.5. The van der Waals surface area contributed by atoms with E-state index in [-0.39, 0.29) is 88.4 Å². The van der Waals surface area contributed by atoms with Gasteiger partial charge in [-0.05, 0) is 0 Å². The van der Waals surface area contributed by atoms with Gasteiger partial charge in [0.1, 0.15) is 0 Å². The molecule has 3 aromatic carbocycles. The van der Waals surface area contributed by atoms with Crippen LogP contribution in [0.3, 0.4) is 0 Å². The topological polar surface area (TPSA) is 0 Å². The molecule has 0 atom stereocenters. The van der Waals surface area contributed by atoms with Crippen molar-refractivity contribution in [2.24, 2.45) is 0 Å². The summed E-state index contributed by atoms with van der Waals surface area (Å²) >= 11 is 93.0. The number of hydrogen-bond acceptors (Lipinski definition) is 0. The summed E-state index contributed by atoms with van der Waals surface area (Å²) in [6.07, 6.45) is 0. The first-order valence-electron chi connectivity index (χ1n) is 8.01. The number of benzene rings is 3. The van der Waals surface area contributed by atoms with Gasteiger partial charge in [0.2, 0.25) is 0 Å². The van der Waals surface area contributed by atoms with E-state index in [1.807, 2.05) is 0 Å². The molecule has 0 aliphatic rings. The van der Waals surface area contributed by atoms with Gasteiger partial charge < -0.3 is 0 Å². The average Bonchev–Trinajstić information content (AvgIpc) is 2.81. The van der Waals surface area contributed by atoms with Crippen molar-refractivity contribution >= 4 is 202 Å². The Labute approximate surface area is 273 Å². The van der Waals surface area contributed by atoms with Gasteiger partial charge in [0.15, 0.2) is 0 Å². The molecule has 34 heavy (non-hydrogen) atoms. The van der Waals surface area contributed by atoms with Crippen LogP contribution in [0.1, 0.15) is 0 Å². The molecule has 0 aromatic heterocycles. The second-order valence-electron chi connectivity index (χ2n) is 6.09. The third kappa shape index (κ3) is 5.20. The van der Waals surface area contributed by atoms with Crippen LogP contribution in [0.4, 0.5) is 0 Å². The Bertz CT molecular complexity index is 1110. The summed E-state index contributed by atoms with van der Waals surface area (Å²) < 4.78 is 0.560. The molecule has 0 radical (unpaired) electrons. The van der Waals surface area contributed by atoms with E-state index in [2.05, 4.69) is 0 Å². The second kappa shape index (κ2) is 12.0. The van der Waals surface area contributed by atoms with E-state index in [0.29, 0.717) is 0 Å². The Morgan fingerprint density at radius 1 is 0.206 bits per heavy atom. The number of hydrogen-bond donors (Lipinski definition) is 0. The van der Waals surface area contributed by atoms with Gasteiger partial charge in [-0.2, -0.15) is 0 Å². The summed E-state index contributed by atoms with van der Waals surface area (Å²) in [7, 11) is 0. The van der Waals surface area contributed by atoms with Crippen molar-refractivity contribution in [1.82, 2.24) is 0 Å². The molecule has 0 unspecified atom stereocenters. The van der Waals surface area contributed by atoms with Gasteiger partial charge in [-0.1, -0.05) is 0 Å². The first kappa shape index (κ1) is 31.1. The molecule has 3 rings (SSSR count). The fourth-order valence-electron chi connectivity index (χ4n) is 2.70. The Hall–Kier alpha value is 2.57. The normalized spacial score (nSPS) is 11.6. The fourth-order valence-corrected chi connectivity index (χ4v) is 14.9. The molecular weight excluding hydrogens is 823 g/mol. The molecule has 0 spiro atoms. The number of halogens is 15. The third-order valence-electron chi connectivity index (χ3n) is 4.23. The fraction of sp³-hybridized carbons (Fsp3) is 0. The molecule has 0 bridgehead atoms. The SMILES string of the molecule is Clc1c(Cl)c(Cl)c([As](c2c(Cl)c(Cl)c(Cl)c(Cl)c2Cl)c2c(Cl)c(Cl)c(Cl)c(Cl)c2Cl)c(Cl)c1Cl. The van der Waals surface area contributed by atoms with Crippen LogP contribution in [-0.2, 0) is 0 Å². The van der Waals surface area contributed by atoms with E-state index in [1.165, 1.54) is 0 Å². The predicted octanol–water partition coefficient (Wildman–Crippen LogP) is 12.0. The van der Waals surface area contributed by atoms with Gasteiger partial charge in [-0.3, -0.25) is 0 Å². The summed E-state index contributed by atoms with van der Waals surface area (Å²) in [5.74, 6) is 0. The molecule has 0 fully saturated rings. The Kier molecular flexibility index (Phi) is 11.0. The van der Waals surface area contributed by atoms with Crippen LogP contribution in [0, 0.1) is 0 Å². The predicted molar refractivity (Wildman–Crippen MR) is 159 cm³/mol.